The number of carbonyl (C=O) groups is 3. The second kappa shape index (κ2) is 10.9. The van der Waals surface area contributed by atoms with E-state index in [4.69, 9.17) is 14.2 Å². The number of ether oxygens (including phenoxy) is 3. The summed E-state index contributed by atoms with van der Waals surface area (Å²) < 4.78 is 16.4. The number of esters is 1. The number of nitrogens with zero attached hydrogens (tertiary/aromatic N) is 1. The van der Waals surface area contributed by atoms with Crippen molar-refractivity contribution in [1.29, 1.82) is 0 Å². The van der Waals surface area contributed by atoms with Crippen LogP contribution in [-0.4, -0.2) is 69.8 Å². The van der Waals surface area contributed by atoms with Crippen molar-refractivity contribution in [2.75, 3.05) is 13.7 Å². The predicted molar refractivity (Wildman–Crippen MR) is 130 cm³/mol. The zero-order valence-electron chi connectivity index (χ0n) is 20.4. The average Bonchev–Trinajstić information content (AvgIpc) is 2.99. The zero-order chi connectivity index (χ0) is 24.3. The Morgan fingerprint density at radius 3 is 2.09 bits per heavy atom. The summed E-state index contributed by atoms with van der Waals surface area (Å²) in [6, 6.07) is -1.53. The standard InChI is InChI=1S/C23H39IN2O6/c1-22(2,3)31-15-13-26(18(16(15)24)20(28)30-7)19(27)17(14-11-9-8-10-12-14)25-21(29)32-23(4,5)6/h14-18H,8-13H2,1-7H3,(H,25,29)/t15?,16?,17-,18-/m0/s1. The topological polar surface area (TPSA) is 94.2 Å². The Bertz CT molecular complexity index is 677. The number of nitrogens with one attached hydrogen (secondary N) is 1. The molecule has 2 aliphatic rings. The van der Waals surface area contributed by atoms with Crippen molar-refractivity contribution in [3.63, 3.8) is 0 Å². The number of alkyl halides is 1. The number of amides is 2. The maximum atomic E-state index is 13.8. The van der Waals surface area contributed by atoms with E-state index in [1.165, 1.54) is 12.0 Å². The number of rotatable bonds is 5. The van der Waals surface area contributed by atoms with E-state index in [1.807, 2.05) is 20.8 Å². The highest BCUT2D eigenvalue weighted by Crippen LogP contribution is 2.34. The molecule has 1 aliphatic heterocycles. The SMILES string of the molecule is COC(=O)[C@@H]1C(I)C(OC(C)(C)C)CN1C(=O)[C@@H](NC(=O)OC(C)(C)C)C1CCCCC1. The number of methoxy groups -OCH3 is 1. The summed E-state index contributed by atoms with van der Waals surface area (Å²) in [4.78, 5) is 40.6. The molecule has 1 saturated heterocycles. The molecule has 1 saturated carbocycles. The number of halogens is 1. The Morgan fingerprint density at radius 2 is 1.59 bits per heavy atom. The number of likely N-dealkylation sites (tertiary alicyclic amines) is 1. The number of alkyl carbamates (subject to hydrolysis) is 1. The molecule has 0 radical (unpaired) electrons. The largest absolute Gasteiger partial charge is 0.467 e. The van der Waals surface area contributed by atoms with Crippen LogP contribution in [-0.2, 0) is 23.8 Å². The van der Waals surface area contributed by atoms with E-state index in [0.717, 1.165) is 32.1 Å². The molecule has 1 heterocycles. The van der Waals surface area contributed by atoms with Crippen molar-refractivity contribution < 1.29 is 28.6 Å². The van der Waals surface area contributed by atoms with Gasteiger partial charge in [-0.05, 0) is 60.3 Å². The molecule has 0 bridgehead atoms. The minimum atomic E-state index is -0.771. The lowest BCUT2D eigenvalue weighted by atomic mass is 9.83. The van der Waals surface area contributed by atoms with Crippen LogP contribution in [0.25, 0.3) is 0 Å². The first kappa shape index (κ1) is 27.1. The quantitative estimate of drug-likeness (QED) is 0.309. The predicted octanol–water partition coefficient (Wildman–Crippen LogP) is 3.83. The smallest absolute Gasteiger partial charge is 0.408 e. The maximum absolute atomic E-state index is 13.8. The number of hydrogen-bond donors (Lipinski definition) is 1. The van der Waals surface area contributed by atoms with Crippen molar-refractivity contribution >= 4 is 40.6 Å². The third-order valence-corrected chi connectivity index (χ3v) is 7.14. The minimum absolute atomic E-state index is 0.00249. The van der Waals surface area contributed by atoms with E-state index in [-0.39, 0.29) is 28.4 Å². The van der Waals surface area contributed by atoms with Gasteiger partial charge in [0.05, 0.1) is 22.7 Å². The maximum Gasteiger partial charge on any atom is 0.408 e. The minimum Gasteiger partial charge on any atom is -0.467 e. The molecule has 4 atom stereocenters. The molecule has 2 rings (SSSR count). The van der Waals surface area contributed by atoms with E-state index in [0.29, 0.717) is 0 Å². The van der Waals surface area contributed by atoms with Gasteiger partial charge in [0.2, 0.25) is 5.91 Å². The van der Waals surface area contributed by atoms with Crippen molar-refractivity contribution in [3.05, 3.63) is 0 Å². The Labute approximate surface area is 205 Å². The van der Waals surface area contributed by atoms with E-state index < -0.39 is 35.3 Å². The summed E-state index contributed by atoms with van der Waals surface area (Å²) >= 11 is 2.17. The molecule has 0 aromatic carbocycles. The molecule has 2 unspecified atom stereocenters. The van der Waals surface area contributed by atoms with E-state index in [2.05, 4.69) is 27.9 Å². The summed E-state index contributed by atoms with van der Waals surface area (Å²) in [7, 11) is 1.32. The van der Waals surface area contributed by atoms with Crippen LogP contribution in [0.2, 0.25) is 0 Å². The zero-order valence-corrected chi connectivity index (χ0v) is 22.6. The van der Waals surface area contributed by atoms with E-state index in [1.54, 1.807) is 20.8 Å². The molecule has 2 fully saturated rings. The third kappa shape index (κ3) is 7.46. The Balaban J connectivity index is 2.31. The number of carbonyl (C=O) groups excluding carboxylic acids is 3. The van der Waals surface area contributed by atoms with Crippen molar-refractivity contribution in [1.82, 2.24) is 10.2 Å². The molecule has 0 spiro atoms. The highest BCUT2D eigenvalue weighted by atomic mass is 127. The van der Waals surface area contributed by atoms with Gasteiger partial charge in [-0.3, -0.25) is 4.79 Å². The fourth-order valence-corrected chi connectivity index (χ4v) is 5.46. The molecular formula is C23H39IN2O6. The second-order valence-corrected chi connectivity index (χ2v) is 12.1. The van der Waals surface area contributed by atoms with E-state index >= 15 is 0 Å². The van der Waals surface area contributed by atoms with E-state index in [9.17, 15) is 14.4 Å². The fraction of sp³-hybridized carbons (Fsp3) is 0.870. The summed E-state index contributed by atoms with van der Waals surface area (Å²) in [6.45, 7) is 11.5. The molecule has 0 aromatic rings. The lowest BCUT2D eigenvalue weighted by molar-refractivity contribution is -0.151. The van der Waals surface area contributed by atoms with Crippen LogP contribution in [0.4, 0.5) is 4.79 Å². The summed E-state index contributed by atoms with van der Waals surface area (Å²) in [5, 5.41) is 2.83. The van der Waals surface area contributed by atoms with Crippen molar-refractivity contribution in [2.45, 2.75) is 107 Å². The molecule has 32 heavy (non-hydrogen) atoms. The highest BCUT2D eigenvalue weighted by molar-refractivity contribution is 14.1. The van der Waals surface area contributed by atoms with Gasteiger partial charge in [-0.15, -0.1) is 0 Å². The van der Waals surface area contributed by atoms with Crippen molar-refractivity contribution in [2.24, 2.45) is 5.92 Å². The van der Waals surface area contributed by atoms with Crippen LogP contribution >= 0.6 is 22.6 Å². The summed E-state index contributed by atoms with van der Waals surface area (Å²) in [6.07, 6.45) is 3.89. The molecule has 0 aromatic heterocycles. The molecule has 2 amide bonds. The molecule has 1 aliphatic carbocycles. The Hall–Kier alpha value is -1.10. The second-order valence-electron chi connectivity index (χ2n) is 10.7. The van der Waals surface area contributed by atoms with Crippen LogP contribution in [0.5, 0.6) is 0 Å². The summed E-state index contributed by atoms with van der Waals surface area (Å²) in [5.41, 5.74) is -1.10. The lowest BCUT2D eigenvalue weighted by Gasteiger charge is -2.34. The first-order chi connectivity index (χ1) is 14.7. The molecule has 8 nitrogen and oxygen atoms in total. The first-order valence-corrected chi connectivity index (χ1v) is 12.7. The third-order valence-electron chi connectivity index (χ3n) is 5.66. The fourth-order valence-electron chi connectivity index (χ4n) is 4.41. The number of hydrogen-bond acceptors (Lipinski definition) is 6. The van der Waals surface area contributed by atoms with Gasteiger partial charge in [-0.2, -0.15) is 0 Å². The van der Waals surface area contributed by atoms with Gasteiger partial charge in [-0.25, -0.2) is 9.59 Å². The van der Waals surface area contributed by atoms with Crippen LogP contribution in [0, 0.1) is 5.92 Å². The van der Waals surface area contributed by atoms with Gasteiger partial charge in [0.1, 0.15) is 17.7 Å². The Morgan fingerprint density at radius 1 is 1.00 bits per heavy atom. The lowest BCUT2D eigenvalue weighted by Crippen LogP contribution is -2.56. The highest BCUT2D eigenvalue weighted by Gasteiger charge is 2.51. The first-order valence-electron chi connectivity index (χ1n) is 11.4. The van der Waals surface area contributed by atoms with Crippen LogP contribution < -0.4 is 5.32 Å². The van der Waals surface area contributed by atoms with Gasteiger partial charge >= 0.3 is 12.1 Å². The van der Waals surface area contributed by atoms with Crippen LogP contribution in [0.3, 0.4) is 0 Å². The molecular weight excluding hydrogens is 527 g/mol. The normalized spacial score (nSPS) is 25.9. The van der Waals surface area contributed by atoms with Crippen LogP contribution in [0.15, 0.2) is 0 Å². The Kier molecular flexibility index (Phi) is 9.23. The average molecular weight is 566 g/mol. The van der Waals surface area contributed by atoms with Gasteiger partial charge in [0, 0.05) is 6.54 Å². The monoisotopic (exact) mass is 566 g/mol. The summed E-state index contributed by atoms with van der Waals surface area (Å²) in [5.74, 6) is -0.755. The van der Waals surface area contributed by atoms with Gasteiger partial charge < -0.3 is 24.4 Å². The van der Waals surface area contributed by atoms with Gasteiger partial charge in [0.15, 0.2) is 0 Å². The van der Waals surface area contributed by atoms with Crippen molar-refractivity contribution in [3.8, 4) is 0 Å². The molecule has 1 N–H and O–H groups in total. The van der Waals surface area contributed by atoms with Gasteiger partial charge in [-0.1, -0.05) is 41.9 Å². The molecule has 184 valence electrons. The van der Waals surface area contributed by atoms with Gasteiger partial charge in [0.25, 0.3) is 0 Å². The van der Waals surface area contributed by atoms with Crippen LogP contribution in [0.1, 0.15) is 73.6 Å². The molecule has 9 heteroatoms.